The molecular formula is C8H15O5P. The molecule has 0 aromatic heterocycles. The van der Waals surface area contributed by atoms with Crippen LogP contribution in [-0.2, 0) is 18.4 Å². The fourth-order valence-electron chi connectivity index (χ4n) is 1.06. The van der Waals surface area contributed by atoms with Crippen molar-refractivity contribution in [2.24, 2.45) is 5.92 Å². The van der Waals surface area contributed by atoms with Gasteiger partial charge in [0.25, 0.3) is 0 Å². The van der Waals surface area contributed by atoms with Gasteiger partial charge in [-0.15, -0.1) is 0 Å². The summed E-state index contributed by atoms with van der Waals surface area (Å²) in [5.41, 5.74) is -0.560. The van der Waals surface area contributed by atoms with Crippen LogP contribution in [-0.4, -0.2) is 36.4 Å². The summed E-state index contributed by atoms with van der Waals surface area (Å²) in [6.07, 6.45) is -0.0371. The molecule has 1 aliphatic rings. The van der Waals surface area contributed by atoms with E-state index < -0.39 is 19.4 Å². The molecule has 14 heavy (non-hydrogen) atoms. The Balaban J connectivity index is 2.61. The van der Waals surface area contributed by atoms with Crippen LogP contribution in [0.4, 0.5) is 0 Å². The summed E-state index contributed by atoms with van der Waals surface area (Å²) in [6.45, 7) is 3.35. The van der Waals surface area contributed by atoms with Crippen LogP contribution < -0.4 is 0 Å². The molecule has 0 aromatic carbocycles. The van der Waals surface area contributed by atoms with Gasteiger partial charge in [0.2, 0.25) is 0 Å². The molecule has 1 saturated heterocycles. The number of carbonyl (C=O) groups is 1. The fraction of sp³-hybridized carbons (Fsp3) is 0.875. The average molecular weight is 222 g/mol. The number of aliphatic hydroxyl groups excluding tert-OH is 1. The molecule has 0 bridgehead atoms. The van der Waals surface area contributed by atoms with E-state index in [0.717, 1.165) is 6.29 Å². The minimum Gasteiger partial charge on any atom is -0.392 e. The SMILES string of the molecule is CC(O)C(C)P1(=O)OCC(C=O)CO1. The van der Waals surface area contributed by atoms with Crippen LogP contribution in [0.3, 0.4) is 0 Å². The summed E-state index contributed by atoms with van der Waals surface area (Å²) in [4.78, 5) is 10.4. The van der Waals surface area contributed by atoms with Crippen LogP contribution in [0, 0.1) is 5.92 Å². The van der Waals surface area contributed by atoms with Gasteiger partial charge in [-0.3, -0.25) is 4.57 Å². The lowest BCUT2D eigenvalue weighted by Crippen LogP contribution is -2.29. The second-order valence-electron chi connectivity index (χ2n) is 3.51. The average Bonchev–Trinajstić information content (AvgIpc) is 2.18. The fourth-order valence-corrected chi connectivity index (χ4v) is 2.93. The molecule has 1 rings (SSSR count). The normalized spacial score (nSPS) is 37.5. The molecule has 6 heteroatoms. The molecule has 1 fully saturated rings. The first-order chi connectivity index (χ1) is 6.49. The molecule has 0 saturated carbocycles. The second-order valence-corrected chi connectivity index (χ2v) is 5.92. The van der Waals surface area contributed by atoms with Gasteiger partial charge in [-0.2, -0.15) is 0 Å². The Morgan fingerprint density at radius 1 is 1.43 bits per heavy atom. The Morgan fingerprint density at radius 3 is 2.29 bits per heavy atom. The number of hydrogen-bond acceptors (Lipinski definition) is 5. The Bertz CT molecular complexity index is 240. The van der Waals surface area contributed by atoms with Crippen molar-refractivity contribution in [2.75, 3.05) is 13.2 Å². The minimum atomic E-state index is -3.22. The van der Waals surface area contributed by atoms with Gasteiger partial charge in [-0.05, 0) is 13.8 Å². The molecule has 0 spiro atoms. The van der Waals surface area contributed by atoms with Crippen molar-refractivity contribution in [3.8, 4) is 0 Å². The lowest BCUT2D eigenvalue weighted by atomic mass is 10.2. The highest BCUT2D eigenvalue weighted by atomic mass is 31.2. The van der Waals surface area contributed by atoms with Crippen molar-refractivity contribution < 1.29 is 23.5 Å². The third kappa shape index (κ3) is 2.42. The summed E-state index contributed by atoms with van der Waals surface area (Å²) in [5.74, 6) is -0.349. The number of rotatable bonds is 3. The van der Waals surface area contributed by atoms with Gasteiger partial charge in [0.05, 0.1) is 30.9 Å². The van der Waals surface area contributed by atoms with Crippen LogP contribution in [0.5, 0.6) is 0 Å². The van der Waals surface area contributed by atoms with Crippen LogP contribution in [0.2, 0.25) is 0 Å². The summed E-state index contributed by atoms with van der Waals surface area (Å²) < 4.78 is 22.0. The highest BCUT2D eigenvalue weighted by molar-refractivity contribution is 7.54. The topological polar surface area (TPSA) is 72.8 Å². The van der Waals surface area contributed by atoms with Gasteiger partial charge in [-0.1, -0.05) is 0 Å². The third-order valence-electron chi connectivity index (χ3n) is 2.33. The smallest absolute Gasteiger partial charge is 0.336 e. The monoisotopic (exact) mass is 222 g/mol. The summed E-state index contributed by atoms with van der Waals surface area (Å²) in [6, 6.07) is 0. The van der Waals surface area contributed by atoms with Crippen molar-refractivity contribution in [1.82, 2.24) is 0 Å². The van der Waals surface area contributed by atoms with E-state index in [1.807, 2.05) is 0 Å². The van der Waals surface area contributed by atoms with Crippen LogP contribution in [0.25, 0.3) is 0 Å². The Labute approximate surface area is 82.9 Å². The number of carbonyl (C=O) groups excluding carboxylic acids is 1. The summed E-state index contributed by atoms with van der Waals surface area (Å²) in [5, 5.41) is 9.26. The van der Waals surface area contributed by atoms with E-state index >= 15 is 0 Å². The minimum absolute atomic E-state index is 0.109. The first-order valence-corrected chi connectivity index (χ1v) is 6.13. The molecule has 2 atom stereocenters. The van der Waals surface area contributed by atoms with Crippen LogP contribution >= 0.6 is 7.60 Å². The zero-order valence-corrected chi connectivity index (χ0v) is 9.15. The number of hydrogen-bond donors (Lipinski definition) is 1. The van der Waals surface area contributed by atoms with Gasteiger partial charge < -0.3 is 18.9 Å². The van der Waals surface area contributed by atoms with E-state index in [4.69, 9.17) is 9.05 Å². The predicted octanol–water partition coefficient (Wildman–Crippen LogP) is 0.811. The van der Waals surface area contributed by atoms with E-state index in [1.165, 1.54) is 6.92 Å². The highest BCUT2D eigenvalue weighted by Gasteiger charge is 2.39. The van der Waals surface area contributed by atoms with E-state index in [9.17, 15) is 14.5 Å². The molecule has 0 aromatic rings. The Kier molecular flexibility index (Phi) is 3.84. The molecule has 0 amide bonds. The summed E-state index contributed by atoms with van der Waals surface area (Å²) in [7, 11) is -3.22. The Hall–Kier alpha value is -0.220. The van der Waals surface area contributed by atoms with Gasteiger partial charge in [0, 0.05) is 0 Å². The maximum Gasteiger partial charge on any atom is 0.336 e. The van der Waals surface area contributed by atoms with Crippen LogP contribution in [0.15, 0.2) is 0 Å². The van der Waals surface area contributed by atoms with E-state index in [0.29, 0.717) is 0 Å². The molecule has 0 radical (unpaired) electrons. The maximum absolute atomic E-state index is 11.9. The molecule has 1 aliphatic heterocycles. The maximum atomic E-state index is 11.9. The Morgan fingerprint density at radius 2 is 1.93 bits per heavy atom. The van der Waals surface area contributed by atoms with Gasteiger partial charge in [0.15, 0.2) is 0 Å². The van der Waals surface area contributed by atoms with E-state index in [1.54, 1.807) is 6.92 Å². The zero-order chi connectivity index (χ0) is 10.8. The predicted molar refractivity (Wildman–Crippen MR) is 50.2 cm³/mol. The molecule has 2 unspecified atom stereocenters. The van der Waals surface area contributed by atoms with Crippen molar-refractivity contribution in [3.05, 3.63) is 0 Å². The molecule has 0 aliphatic carbocycles. The first kappa shape index (κ1) is 11.9. The third-order valence-corrected chi connectivity index (χ3v) is 4.77. The van der Waals surface area contributed by atoms with Gasteiger partial charge >= 0.3 is 7.60 Å². The van der Waals surface area contributed by atoms with E-state index in [-0.39, 0.29) is 19.1 Å². The second kappa shape index (κ2) is 4.53. The molecular weight excluding hydrogens is 207 g/mol. The largest absolute Gasteiger partial charge is 0.392 e. The molecule has 1 heterocycles. The zero-order valence-electron chi connectivity index (χ0n) is 8.25. The number of aliphatic hydroxyl groups is 1. The standard InChI is InChI=1S/C8H15O5P/c1-6(10)7(2)14(11)12-4-8(3-9)5-13-14/h3,6-8,10H,4-5H2,1-2H3. The molecule has 5 nitrogen and oxygen atoms in total. The highest BCUT2D eigenvalue weighted by Crippen LogP contribution is 2.56. The van der Waals surface area contributed by atoms with Gasteiger partial charge in [0.1, 0.15) is 6.29 Å². The molecule has 1 N–H and O–H groups in total. The van der Waals surface area contributed by atoms with Crippen molar-refractivity contribution in [3.63, 3.8) is 0 Å². The van der Waals surface area contributed by atoms with Crippen molar-refractivity contribution in [1.29, 1.82) is 0 Å². The lowest BCUT2D eigenvalue weighted by Gasteiger charge is -2.31. The van der Waals surface area contributed by atoms with E-state index in [2.05, 4.69) is 0 Å². The first-order valence-electron chi connectivity index (χ1n) is 4.52. The van der Waals surface area contributed by atoms with Gasteiger partial charge in [-0.25, -0.2) is 0 Å². The molecule has 82 valence electrons. The lowest BCUT2D eigenvalue weighted by molar-refractivity contribution is -0.114. The summed E-state index contributed by atoms with van der Waals surface area (Å²) >= 11 is 0. The van der Waals surface area contributed by atoms with Crippen molar-refractivity contribution >= 4 is 13.9 Å². The van der Waals surface area contributed by atoms with Crippen LogP contribution in [0.1, 0.15) is 13.8 Å². The van der Waals surface area contributed by atoms with Crippen molar-refractivity contribution in [2.45, 2.75) is 25.6 Å². The number of aldehydes is 1. The quantitative estimate of drug-likeness (QED) is 0.565.